The normalized spacial score (nSPS) is 11.0. The first kappa shape index (κ1) is 11.8. The summed E-state index contributed by atoms with van der Waals surface area (Å²) in [5.41, 5.74) is 0.519. The standard InChI is InChI=1S/C10H4BrClN4OS/c11-6-1-5(3-13-4-6)9-15-16-8(17)2-7(12)14-10(16)18-9/h1-4H. The molecular weight excluding hydrogens is 340 g/mol. The summed E-state index contributed by atoms with van der Waals surface area (Å²) in [6.45, 7) is 0. The molecule has 0 fully saturated rings. The van der Waals surface area contributed by atoms with Crippen molar-refractivity contribution in [1.82, 2.24) is 19.6 Å². The van der Waals surface area contributed by atoms with Crippen LogP contribution < -0.4 is 5.56 Å². The fraction of sp³-hybridized carbons (Fsp3) is 0. The summed E-state index contributed by atoms with van der Waals surface area (Å²) in [7, 11) is 0. The lowest BCUT2D eigenvalue weighted by Crippen LogP contribution is -2.13. The van der Waals surface area contributed by atoms with Gasteiger partial charge in [0.25, 0.3) is 5.56 Å². The minimum Gasteiger partial charge on any atom is -0.267 e. The smallest absolute Gasteiger partial charge is 0.267 e. The summed E-state index contributed by atoms with van der Waals surface area (Å²) in [6.07, 6.45) is 3.35. The SMILES string of the molecule is O=c1cc(Cl)nc2sc(-c3cncc(Br)c3)nn12. The van der Waals surface area contributed by atoms with Crippen molar-refractivity contribution in [1.29, 1.82) is 0 Å². The van der Waals surface area contributed by atoms with Gasteiger partial charge in [-0.3, -0.25) is 9.78 Å². The molecule has 0 radical (unpaired) electrons. The molecule has 0 amide bonds. The molecule has 3 aromatic rings. The molecule has 0 unspecified atom stereocenters. The molecule has 5 nitrogen and oxygen atoms in total. The van der Waals surface area contributed by atoms with Gasteiger partial charge in [0, 0.05) is 28.5 Å². The van der Waals surface area contributed by atoms with Gasteiger partial charge in [0.15, 0.2) is 0 Å². The molecule has 0 saturated carbocycles. The van der Waals surface area contributed by atoms with E-state index < -0.39 is 0 Å². The highest BCUT2D eigenvalue weighted by atomic mass is 79.9. The molecule has 0 aliphatic heterocycles. The number of halogens is 2. The number of hydrogen-bond donors (Lipinski definition) is 0. The maximum atomic E-state index is 11.7. The first-order valence-electron chi connectivity index (χ1n) is 4.81. The predicted molar refractivity (Wildman–Crippen MR) is 73.1 cm³/mol. The average Bonchev–Trinajstić information content (AvgIpc) is 2.73. The second kappa shape index (κ2) is 4.42. The van der Waals surface area contributed by atoms with E-state index in [4.69, 9.17) is 11.6 Å². The van der Waals surface area contributed by atoms with E-state index in [1.165, 1.54) is 21.9 Å². The second-order valence-corrected chi connectivity index (χ2v) is 5.67. The highest BCUT2D eigenvalue weighted by molar-refractivity contribution is 9.10. The van der Waals surface area contributed by atoms with Gasteiger partial charge >= 0.3 is 0 Å². The maximum Gasteiger partial charge on any atom is 0.276 e. The van der Waals surface area contributed by atoms with Crippen LogP contribution in [0.5, 0.6) is 0 Å². The van der Waals surface area contributed by atoms with E-state index in [-0.39, 0.29) is 10.7 Å². The van der Waals surface area contributed by atoms with E-state index in [0.717, 1.165) is 10.0 Å². The van der Waals surface area contributed by atoms with Gasteiger partial charge in [-0.05, 0) is 22.0 Å². The van der Waals surface area contributed by atoms with Crippen LogP contribution in [-0.4, -0.2) is 19.6 Å². The van der Waals surface area contributed by atoms with Gasteiger partial charge in [0.1, 0.15) is 10.2 Å². The molecule has 18 heavy (non-hydrogen) atoms. The lowest BCUT2D eigenvalue weighted by molar-refractivity contribution is 0.903. The van der Waals surface area contributed by atoms with Crippen LogP contribution in [-0.2, 0) is 0 Å². The molecule has 3 aromatic heterocycles. The molecule has 0 atom stereocenters. The van der Waals surface area contributed by atoms with Gasteiger partial charge in [0.2, 0.25) is 4.96 Å². The average molecular weight is 344 g/mol. The zero-order chi connectivity index (χ0) is 12.7. The van der Waals surface area contributed by atoms with Gasteiger partial charge in [-0.25, -0.2) is 4.98 Å². The minimum absolute atomic E-state index is 0.169. The molecule has 0 aliphatic carbocycles. The zero-order valence-electron chi connectivity index (χ0n) is 8.67. The van der Waals surface area contributed by atoms with Crippen molar-refractivity contribution in [2.24, 2.45) is 0 Å². The lowest BCUT2D eigenvalue weighted by atomic mass is 10.3. The molecule has 3 heterocycles. The van der Waals surface area contributed by atoms with Crippen LogP contribution in [0, 0.1) is 0 Å². The third-order valence-electron chi connectivity index (χ3n) is 2.17. The third kappa shape index (κ3) is 2.05. The Morgan fingerprint density at radius 3 is 2.94 bits per heavy atom. The Bertz CT molecular complexity index is 800. The van der Waals surface area contributed by atoms with Crippen LogP contribution in [0.25, 0.3) is 15.5 Å². The van der Waals surface area contributed by atoms with Crippen LogP contribution in [0.4, 0.5) is 0 Å². The van der Waals surface area contributed by atoms with Crippen LogP contribution in [0.15, 0.2) is 33.8 Å². The van der Waals surface area contributed by atoms with Crippen LogP contribution in [0.1, 0.15) is 0 Å². The summed E-state index contributed by atoms with van der Waals surface area (Å²) in [4.78, 5) is 20.2. The highest BCUT2D eigenvalue weighted by Gasteiger charge is 2.10. The Morgan fingerprint density at radius 1 is 1.33 bits per heavy atom. The fourth-order valence-electron chi connectivity index (χ4n) is 1.43. The van der Waals surface area contributed by atoms with Crippen molar-refractivity contribution in [2.45, 2.75) is 0 Å². The monoisotopic (exact) mass is 342 g/mol. The van der Waals surface area contributed by atoms with Crippen LogP contribution in [0.3, 0.4) is 0 Å². The number of fused-ring (bicyclic) bond motifs is 1. The number of hydrogen-bond acceptors (Lipinski definition) is 5. The van der Waals surface area contributed by atoms with Crippen molar-refractivity contribution in [3.05, 3.63) is 44.5 Å². The highest BCUT2D eigenvalue weighted by Crippen LogP contribution is 2.25. The summed E-state index contributed by atoms with van der Waals surface area (Å²) in [6, 6.07) is 3.11. The van der Waals surface area contributed by atoms with Gasteiger partial charge in [0.05, 0.1) is 0 Å². The van der Waals surface area contributed by atoms with Crippen molar-refractivity contribution in [3.8, 4) is 10.6 Å². The first-order chi connectivity index (χ1) is 8.63. The van der Waals surface area contributed by atoms with E-state index in [2.05, 4.69) is 31.0 Å². The van der Waals surface area contributed by atoms with E-state index in [9.17, 15) is 4.79 Å². The summed E-state index contributed by atoms with van der Waals surface area (Å²) < 4.78 is 2.07. The Balaban J connectivity index is 2.26. The van der Waals surface area contributed by atoms with Crippen LogP contribution in [0.2, 0.25) is 5.15 Å². The van der Waals surface area contributed by atoms with Gasteiger partial charge in [-0.15, -0.1) is 0 Å². The lowest BCUT2D eigenvalue weighted by Gasteiger charge is -1.94. The third-order valence-corrected chi connectivity index (χ3v) is 3.75. The molecule has 3 rings (SSSR count). The molecule has 0 aliphatic rings. The number of pyridine rings is 1. The molecule has 0 N–H and O–H groups in total. The van der Waals surface area contributed by atoms with E-state index in [0.29, 0.717) is 9.97 Å². The fourth-order valence-corrected chi connectivity index (χ4v) is 2.90. The number of rotatable bonds is 1. The van der Waals surface area contributed by atoms with Crippen molar-refractivity contribution < 1.29 is 0 Å². The molecule has 0 spiro atoms. The van der Waals surface area contributed by atoms with Crippen molar-refractivity contribution in [3.63, 3.8) is 0 Å². The molecule has 0 bridgehead atoms. The van der Waals surface area contributed by atoms with E-state index in [1.54, 1.807) is 12.4 Å². The van der Waals surface area contributed by atoms with Crippen molar-refractivity contribution >= 4 is 43.8 Å². The Kier molecular flexibility index (Phi) is 2.89. The number of nitrogens with zero attached hydrogens (tertiary/aromatic N) is 4. The second-order valence-electron chi connectivity index (χ2n) is 3.41. The quantitative estimate of drug-likeness (QED) is 0.637. The Hall–Kier alpha value is -1.31. The predicted octanol–water partition coefficient (Wildman–Crippen LogP) is 2.63. The molecule has 90 valence electrons. The van der Waals surface area contributed by atoms with Gasteiger partial charge in [-0.1, -0.05) is 22.9 Å². The molecule has 0 saturated heterocycles. The summed E-state index contributed by atoms with van der Waals surface area (Å²) in [5, 5.41) is 5.04. The zero-order valence-corrected chi connectivity index (χ0v) is 11.8. The largest absolute Gasteiger partial charge is 0.276 e. The topological polar surface area (TPSA) is 60.2 Å². The van der Waals surface area contributed by atoms with E-state index >= 15 is 0 Å². The summed E-state index contributed by atoms with van der Waals surface area (Å²) >= 11 is 10.4. The van der Waals surface area contributed by atoms with Gasteiger partial charge < -0.3 is 0 Å². The van der Waals surface area contributed by atoms with Crippen LogP contribution >= 0.6 is 38.9 Å². The molecule has 8 heteroatoms. The molecule has 0 aromatic carbocycles. The summed E-state index contributed by atoms with van der Waals surface area (Å²) in [5.74, 6) is 0. The Labute approximate surface area is 118 Å². The van der Waals surface area contributed by atoms with Crippen molar-refractivity contribution in [2.75, 3.05) is 0 Å². The minimum atomic E-state index is -0.296. The Morgan fingerprint density at radius 2 is 2.17 bits per heavy atom. The van der Waals surface area contributed by atoms with Gasteiger partial charge in [-0.2, -0.15) is 9.61 Å². The first-order valence-corrected chi connectivity index (χ1v) is 6.79. The maximum absolute atomic E-state index is 11.7. The number of aromatic nitrogens is 4. The molecular formula is C10H4BrClN4OS. The van der Waals surface area contributed by atoms with E-state index in [1.807, 2.05) is 6.07 Å².